The van der Waals surface area contributed by atoms with E-state index in [1.54, 1.807) is 6.08 Å². The number of amides is 1. The number of unbranched alkanes of at least 4 members (excludes halogenated alkanes) is 36. The molecule has 0 saturated carbocycles. The average molecular weight is 1220 g/mol. The molecule has 1 rings (SSSR count). The second-order valence-corrected chi connectivity index (χ2v) is 24.9. The van der Waals surface area contributed by atoms with E-state index in [4.69, 9.17) is 14.2 Å². The summed E-state index contributed by atoms with van der Waals surface area (Å²) in [6.07, 6.45) is 73.4. The zero-order chi connectivity index (χ0) is 63.1. The van der Waals surface area contributed by atoms with Gasteiger partial charge in [0.25, 0.3) is 0 Å². The molecule has 1 aliphatic heterocycles. The molecule has 1 amide bonds. The Morgan fingerprint density at radius 3 is 1.24 bits per heavy atom. The number of ether oxygens (including phenoxy) is 3. The fraction of sp³-hybridized carbons (Fsp3) is 0.789. The summed E-state index contributed by atoms with van der Waals surface area (Å²) in [5.74, 6) is -1.20. The van der Waals surface area contributed by atoms with E-state index in [-0.39, 0.29) is 19.4 Å². The van der Waals surface area contributed by atoms with Crippen molar-refractivity contribution in [1.82, 2.24) is 5.32 Å². The highest BCUT2D eigenvalue weighted by molar-refractivity contribution is 5.80. The Labute approximate surface area is 533 Å². The number of rotatable bonds is 62. The molecular formula is C76H135NO10. The molecule has 0 aliphatic carbocycles. The molecule has 0 aromatic carbocycles. The first kappa shape index (κ1) is 81.9. The lowest BCUT2D eigenvalue weighted by Gasteiger charge is -2.41. The van der Waals surface area contributed by atoms with Gasteiger partial charge in [0.2, 0.25) is 5.91 Å². The highest BCUT2D eigenvalue weighted by Gasteiger charge is 2.47. The van der Waals surface area contributed by atoms with Gasteiger partial charge in [-0.05, 0) is 77.0 Å². The first-order valence-corrected chi connectivity index (χ1v) is 36.4. The van der Waals surface area contributed by atoms with E-state index in [1.165, 1.54) is 167 Å². The molecule has 0 bridgehead atoms. The molecule has 1 heterocycles. The summed E-state index contributed by atoms with van der Waals surface area (Å²) < 4.78 is 17.7. The third kappa shape index (κ3) is 50.2. The van der Waals surface area contributed by atoms with Crippen LogP contribution in [0.1, 0.15) is 323 Å². The number of aliphatic hydroxyl groups excluding tert-OH is 5. The van der Waals surface area contributed by atoms with E-state index in [2.05, 4.69) is 99.0 Å². The maximum absolute atomic E-state index is 13.5. The molecule has 6 N–H and O–H groups in total. The van der Waals surface area contributed by atoms with Gasteiger partial charge >= 0.3 is 5.97 Å². The van der Waals surface area contributed by atoms with Crippen LogP contribution < -0.4 is 5.32 Å². The van der Waals surface area contributed by atoms with Crippen LogP contribution in [0.2, 0.25) is 0 Å². The van der Waals surface area contributed by atoms with Crippen LogP contribution in [0.15, 0.2) is 85.1 Å². The molecule has 8 atom stereocenters. The van der Waals surface area contributed by atoms with E-state index in [1.807, 2.05) is 6.08 Å². The number of esters is 1. The van der Waals surface area contributed by atoms with Gasteiger partial charge in [-0.15, -0.1) is 0 Å². The van der Waals surface area contributed by atoms with Crippen LogP contribution in [0.5, 0.6) is 0 Å². The van der Waals surface area contributed by atoms with Crippen LogP contribution in [0.25, 0.3) is 0 Å². The third-order valence-electron chi connectivity index (χ3n) is 16.8. The van der Waals surface area contributed by atoms with Crippen molar-refractivity contribution in [2.24, 2.45) is 0 Å². The van der Waals surface area contributed by atoms with Gasteiger partial charge in [-0.2, -0.15) is 0 Å². The van der Waals surface area contributed by atoms with Crippen molar-refractivity contribution < 1.29 is 49.3 Å². The van der Waals surface area contributed by atoms with Crippen LogP contribution in [0.4, 0.5) is 0 Å². The Balaban J connectivity index is 2.56. The zero-order valence-electron chi connectivity index (χ0n) is 56.1. The molecular weight excluding hydrogens is 1090 g/mol. The number of hydrogen-bond donors (Lipinski definition) is 6. The predicted octanol–water partition coefficient (Wildman–Crippen LogP) is 18.8. The van der Waals surface area contributed by atoms with Crippen molar-refractivity contribution in [2.45, 2.75) is 372 Å². The summed E-state index contributed by atoms with van der Waals surface area (Å²) in [6.45, 7) is 5.70. The standard InChI is InChI=1S/C76H135NO10/c1-4-7-10-13-16-19-22-24-26-28-30-32-34-36-37-39-41-43-45-48-51-54-57-60-63-69(80)75(84)77-67(68(79)62-59-56-53-50-47-21-18-15-12-9-6-3)66-85-76-74(73(83)72(82)70(65-78)86-76)87-71(81)64-61-58-55-52-49-46-44-42-40-38-35-33-31-29-27-25-23-20-17-14-11-8-5-2/h7,10,16,19,24,26,30,32,36-37,41,43,59,62,67-70,72-74,76,78-80,82-83H,4-6,8-9,11-15,17-18,20-23,25,27-29,31,33-35,38-40,42,44-58,60-61,63-66H2,1-3H3,(H,77,84)/b10-7-,19-16-,26-24-,32-30-,37-36-,43-41-,62-59+. The summed E-state index contributed by atoms with van der Waals surface area (Å²) in [4.78, 5) is 26.7. The Morgan fingerprint density at radius 1 is 0.460 bits per heavy atom. The molecule has 1 fully saturated rings. The summed E-state index contributed by atoms with van der Waals surface area (Å²) in [6, 6.07) is -1.04. The zero-order valence-corrected chi connectivity index (χ0v) is 56.1. The number of carbonyl (C=O) groups excluding carboxylic acids is 2. The number of allylic oxidation sites excluding steroid dienone is 13. The second-order valence-electron chi connectivity index (χ2n) is 24.9. The highest BCUT2D eigenvalue weighted by atomic mass is 16.7. The molecule has 11 nitrogen and oxygen atoms in total. The Hall–Kier alpha value is -3.16. The van der Waals surface area contributed by atoms with Crippen molar-refractivity contribution in [1.29, 1.82) is 0 Å². The molecule has 504 valence electrons. The van der Waals surface area contributed by atoms with Gasteiger partial charge < -0.3 is 45.1 Å². The van der Waals surface area contributed by atoms with Crippen molar-refractivity contribution in [2.75, 3.05) is 13.2 Å². The number of nitrogens with one attached hydrogen (secondary N) is 1. The first-order valence-electron chi connectivity index (χ1n) is 36.4. The maximum Gasteiger partial charge on any atom is 0.306 e. The average Bonchev–Trinajstić information content (AvgIpc) is 1.30. The normalized spacial score (nSPS) is 18.7. The first-order chi connectivity index (χ1) is 42.7. The van der Waals surface area contributed by atoms with E-state index in [0.29, 0.717) is 12.8 Å². The number of carbonyl (C=O) groups is 2. The van der Waals surface area contributed by atoms with Gasteiger partial charge in [-0.25, -0.2) is 0 Å². The van der Waals surface area contributed by atoms with Crippen molar-refractivity contribution in [3.8, 4) is 0 Å². The van der Waals surface area contributed by atoms with Gasteiger partial charge in [-0.3, -0.25) is 9.59 Å². The minimum atomic E-state index is -1.62. The van der Waals surface area contributed by atoms with Crippen molar-refractivity contribution in [3.05, 3.63) is 85.1 Å². The number of aliphatic hydroxyl groups is 5. The van der Waals surface area contributed by atoms with Gasteiger partial charge in [0.1, 0.15) is 24.4 Å². The van der Waals surface area contributed by atoms with Gasteiger partial charge in [0, 0.05) is 6.42 Å². The van der Waals surface area contributed by atoms with Crippen LogP contribution in [-0.4, -0.2) is 99.6 Å². The summed E-state index contributed by atoms with van der Waals surface area (Å²) >= 11 is 0. The van der Waals surface area contributed by atoms with E-state index >= 15 is 0 Å². The van der Waals surface area contributed by atoms with Crippen molar-refractivity contribution >= 4 is 11.9 Å². The van der Waals surface area contributed by atoms with Gasteiger partial charge in [0.05, 0.1) is 25.4 Å². The summed E-state index contributed by atoms with van der Waals surface area (Å²) in [5.41, 5.74) is 0. The Morgan fingerprint density at radius 2 is 0.828 bits per heavy atom. The van der Waals surface area contributed by atoms with E-state index in [9.17, 15) is 35.1 Å². The fourth-order valence-corrected chi connectivity index (χ4v) is 11.1. The quantitative estimate of drug-likeness (QED) is 0.0195. The Kier molecular flexibility index (Phi) is 59.3. The monoisotopic (exact) mass is 1220 g/mol. The molecule has 0 spiro atoms. The maximum atomic E-state index is 13.5. The lowest BCUT2D eigenvalue weighted by atomic mass is 9.99. The molecule has 1 aliphatic rings. The molecule has 0 radical (unpaired) electrons. The van der Waals surface area contributed by atoms with Gasteiger partial charge in [-0.1, -0.05) is 324 Å². The van der Waals surface area contributed by atoms with Crippen molar-refractivity contribution in [3.63, 3.8) is 0 Å². The SMILES string of the molecule is CC/C=C\C/C=C\C/C=C\C/C=C\C/C=C\C/C=C\CCCCCCCC(O)C(=O)NC(COC1OC(CO)C(O)C(O)C1OC(=O)CCCCCCCCCCCCCCCCCCCCCCCCC)C(O)/C=C/CCCCCCCCCCC. The smallest absolute Gasteiger partial charge is 0.306 e. The predicted molar refractivity (Wildman–Crippen MR) is 366 cm³/mol. The minimum absolute atomic E-state index is 0.123. The lowest BCUT2D eigenvalue weighted by Crippen LogP contribution is -2.61. The topological polar surface area (TPSA) is 175 Å². The molecule has 87 heavy (non-hydrogen) atoms. The van der Waals surface area contributed by atoms with Crippen LogP contribution in [0.3, 0.4) is 0 Å². The Bertz CT molecular complexity index is 1740. The molecule has 11 heteroatoms. The van der Waals surface area contributed by atoms with Crippen LogP contribution in [-0.2, 0) is 23.8 Å². The molecule has 0 aromatic rings. The number of hydrogen-bond acceptors (Lipinski definition) is 10. The highest BCUT2D eigenvalue weighted by Crippen LogP contribution is 2.26. The van der Waals surface area contributed by atoms with Gasteiger partial charge in [0.15, 0.2) is 12.4 Å². The largest absolute Gasteiger partial charge is 0.454 e. The molecule has 8 unspecified atom stereocenters. The lowest BCUT2D eigenvalue weighted by molar-refractivity contribution is -0.305. The molecule has 1 saturated heterocycles. The third-order valence-corrected chi connectivity index (χ3v) is 16.8. The summed E-state index contributed by atoms with van der Waals surface area (Å²) in [7, 11) is 0. The minimum Gasteiger partial charge on any atom is -0.454 e. The molecule has 0 aromatic heterocycles. The second kappa shape index (κ2) is 63.0. The van der Waals surface area contributed by atoms with E-state index in [0.717, 1.165) is 109 Å². The summed E-state index contributed by atoms with van der Waals surface area (Å²) in [5, 5.41) is 57.2. The van der Waals surface area contributed by atoms with Crippen LogP contribution >= 0.6 is 0 Å². The fourth-order valence-electron chi connectivity index (χ4n) is 11.1. The van der Waals surface area contributed by atoms with Crippen LogP contribution in [0, 0.1) is 0 Å². The van der Waals surface area contributed by atoms with E-state index < -0.39 is 67.4 Å².